The first-order valence-corrected chi connectivity index (χ1v) is 11.0. The lowest BCUT2D eigenvalue weighted by Crippen LogP contribution is -2.27. The van der Waals surface area contributed by atoms with E-state index in [1.54, 1.807) is 18.2 Å². The number of anilines is 2. The standard InChI is InChI=1S/C20H24N4O2S2/c1-4-14-8-6-9-15(5-2)18(14)21-19-22-23-20(28-19)27-13-17(25)24(3)12-16-10-7-11-26-16/h6-11H,4-5,12-13H2,1-3H3,(H,21,22). The van der Waals surface area contributed by atoms with E-state index in [9.17, 15) is 4.79 Å². The van der Waals surface area contributed by atoms with Gasteiger partial charge in [0.1, 0.15) is 5.76 Å². The molecule has 2 heterocycles. The van der Waals surface area contributed by atoms with Gasteiger partial charge < -0.3 is 14.6 Å². The van der Waals surface area contributed by atoms with Gasteiger partial charge in [-0.15, -0.1) is 10.2 Å². The number of nitrogens with one attached hydrogen (secondary N) is 1. The Balaban J connectivity index is 1.58. The van der Waals surface area contributed by atoms with E-state index in [2.05, 4.69) is 47.6 Å². The number of hydrogen-bond acceptors (Lipinski definition) is 7. The van der Waals surface area contributed by atoms with Crippen molar-refractivity contribution in [3.63, 3.8) is 0 Å². The second-order valence-electron chi connectivity index (χ2n) is 6.27. The third kappa shape index (κ3) is 5.14. The number of aryl methyl sites for hydroxylation is 2. The lowest BCUT2D eigenvalue weighted by molar-refractivity contribution is -0.127. The summed E-state index contributed by atoms with van der Waals surface area (Å²) in [5, 5.41) is 12.6. The van der Waals surface area contributed by atoms with Crippen LogP contribution in [0.4, 0.5) is 10.8 Å². The summed E-state index contributed by atoms with van der Waals surface area (Å²) >= 11 is 2.87. The normalized spacial score (nSPS) is 10.8. The van der Waals surface area contributed by atoms with Crippen LogP contribution in [0.5, 0.6) is 0 Å². The van der Waals surface area contributed by atoms with E-state index < -0.39 is 0 Å². The first-order valence-electron chi connectivity index (χ1n) is 9.21. The lowest BCUT2D eigenvalue weighted by Gasteiger charge is -2.14. The maximum atomic E-state index is 12.3. The van der Waals surface area contributed by atoms with Gasteiger partial charge in [-0.3, -0.25) is 4.79 Å². The molecule has 1 amide bonds. The van der Waals surface area contributed by atoms with Gasteiger partial charge in [0.15, 0.2) is 4.34 Å². The van der Waals surface area contributed by atoms with Gasteiger partial charge in [0.05, 0.1) is 18.6 Å². The number of carbonyl (C=O) groups excluding carboxylic acids is 1. The number of nitrogens with zero attached hydrogens (tertiary/aromatic N) is 3. The number of para-hydroxylation sites is 1. The minimum atomic E-state index is 0.0238. The Morgan fingerprint density at radius 2 is 1.93 bits per heavy atom. The number of aromatic nitrogens is 2. The van der Waals surface area contributed by atoms with Crippen molar-refractivity contribution in [3.05, 3.63) is 53.5 Å². The smallest absolute Gasteiger partial charge is 0.233 e. The number of carbonyl (C=O) groups is 1. The minimum Gasteiger partial charge on any atom is -0.467 e. The number of hydrogen-bond donors (Lipinski definition) is 1. The van der Waals surface area contributed by atoms with Gasteiger partial charge in [-0.1, -0.05) is 55.1 Å². The molecule has 1 N–H and O–H groups in total. The Hall–Kier alpha value is -2.32. The van der Waals surface area contributed by atoms with Gasteiger partial charge in [0, 0.05) is 12.7 Å². The van der Waals surface area contributed by atoms with Crippen LogP contribution in [-0.2, 0) is 24.2 Å². The highest BCUT2D eigenvalue weighted by Gasteiger charge is 2.14. The summed E-state index contributed by atoms with van der Waals surface area (Å²) in [5.74, 6) is 1.11. The first kappa shape index (κ1) is 20.4. The minimum absolute atomic E-state index is 0.0238. The molecular formula is C20H24N4O2S2. The highest BCUT2D eigenvalue weighted by atomic mass is 32.2. The van der Waals surface area contributed by atoms with Crippen LogP contribution in [-0.4, -0.2) is 33.8 Å². The molecule has 0 saturated heterocycles. The zero-order valence-electron chi connectivity index (χ0n) is 16.3. The molecule has 0 aliphatic carbocycles. The maximum absolute atomic E-state index is 12.3. The van der Waals surface area contributed by atoms with E-state index in [-0.39, 0.29) is 5.91 Å². The molecule has 0 unspecified atom stereocenters. The molecule has 0 aliphatic rings. The van der Waals surface area contributed by atoms with Gasteiger partial charge in [-0.25, -0.2) is 0 Å². The SMILES string of the molecule is CCc1cccc(CC)c1Nc1nnc(SCC(=O)N(C)Cc2ccco2)s1. The van der Waals surface area contributed by atoms with Crippen LogP contribution >= 0.6 is 23.1 Å². The van der Waals surface area contributed by atoms with Gasteiger partial charge in [0.2, 0.25) is 11.0 Å². The van der Waals surface area contributed by atoms with Crippen LogP contribution in [0.15, 0.2) is 45.4 Å². The van der Waals surface area contributed by atoms with E-state index in [0.717, 1.165) is 33.8 Å². The molecule has 0 atom stereocenters. The molecule has 2 aromatic heterocycles. The van der Waals surface area contributed by atoms with E-state index in [4.69, 9.17) is 4.42 Å². The topological polar surface area (TPSA) is 71.3 Å². The maximum Gasteiger partial charge on any atom is 0.233 e. The molecule has 28 heavy (non-hydrogen) atoms. The molecule has 0 saturated carbocycles. The molecule has 6 nitrogen and oxygen atoms in total. The molecule has 8 heteroatoms. The zero-order valence-corrected chi connectivity index (χ0v) is 17.9. The van der Waals surface area contributed by atoms with Crippen LogP contribution in [0.1, 0.15) is 30.7 Å². The number of thioether (sulfide) groups is 1. The van der Waals surface area contributed by atoms with Gasteiger partial charge in [-0.05, 0) is 36.1 Å². The molecule has 0 spiro atoms. The number of furan rings is 1. The highest BCUT2D eigenvalue weighted by molar-refractivity contribution is 8.01. The van der Waals surface area contributed by atoms with E-state index >= 15 is 0 Å². The molecule has 0 fully saturated rings. The number of amides is 1. The Kier molecular flexibility index (Phi) is 7.11. The summed E-state index contributed by atoms with van der Waals surface area (Å²) in [6, 6.07) is 10.0. The van der Waals surface area contributed by atoms with Crippen LogP contribution in [0.3, 0.4) is 0 Å². The van der Waals surface area contributed by atoms with Crippen molar-refractivity contribution in [1.82, 2.24) is 15.1 Å². The van der Waals surface area contributed by atoms with Crippen molar-refractivity contribution in [2.75, 3.05) is 18.1 Å². The number of benzene rings is 1. The van der Waals surface area contributed by atoms with Crippen LogP contribution < -0.4 is 5.32 Å². The predicted octanol–water partition coefficient (Wildman–Crippen LogP) is 4.75. The highest BCUT2D eigenvalue weighted by Crippen LogP contribution is 2.31. The van der Waals surface area contributed by atoms with E-state index in [0.29, 0.717) is 12.3 Å². The zero-order chi connectivity index (χ0) is 19.9. The summed E-state index contributed by atoms with van der Waals surface area (Å²) in [6.07, 6.45) is 3.51. The van der Waals surface area contributed by atoms with Gasteiger partial charge in [0.25, 0.3) is 0 Å². The van der Waals surface area contributed by atoms with Crippen molar-refractivity contribution in [1.29, 1.82) is 0 Å². The van der Waals surface area contributed by atoms with Crippen molar-refractivity contribution in [2.45, 2.75) is 37.6 Å². The molecule has 0 aliphatic heterocycles. The first-order chi connectivity index (χ1) is 13.6. The number of rotatable bonds is 9. The Bertz CT molecular complexity index is 887. The van der Waals surface area contributed by atoms with E-state index in [1.165, 1.54) is 34.2 Å². The predicted molar refractivity (Wildman–Crippen MR) is 114 cm³/mol. The molecule has 0 radical (unpaired) electrons. The summed E-state index contributed by atoms with van der Waals surface area (Å²) in [7, 11) is 1.77. The monoisotopic (exact) mass is 416 g/mol. The third-order valence-corrected chi connectivity index (χ3v) is 6.31. The fraction of sp³-hybridized carbons (Fsp3) is 0.350. The Labute approximate surface area is 173 Å². The van der Waals surface area contributed by atoms with Crippen molar-refractivity contribution >= 4 is 39.8 Å². The third-order valence-electron chi connectivity index (χ3n) is 4.36. The Morgan fingerprint density at radius 3 is 2.57 bits per heavy atom. The van der Waals surface area contributed by atoms with Crippen LogP contribution in [0.2, 0.25) is 0 Å². The molecule has 3 rings (SSSR count). The molecule has 1 aromatic carbocycles. The van der Waals surface area contributed by atoms with Gasteiger partial charge >= 0.3 is 0 Å². The van der Waals surface area contributed by atoms with Gasteiger partial charge in [-0.2, -0.15) is 0 Å². The fourth-order valence-electron chi connectivity index (χ4n) is 2.79. The van der Waals surface area contributed by atoms with Crippen molar-refractivity contribution in [3.8, 4) is 0 Å². The van der Waals surface area contributed by atoms with Crippen molar-refractivity contribution < 1.29 is 9.21 Å². The average Bonchev–Trinajstić information content (AvgIpc) is 3.38. The molecule has 3 aromatic rings. The van der Waals surface area contributed by atoms with E-state index in [1.807, 2.05) is 12.1 Å². The lowest BCUT2D eigenvalue weighted by atomic mass is 10.0. The van der Waals surface area contributed by atoms with Crippen molar-refractivity contribution in [2.24, 2.45) is 0 Å². The molecular weight excluding hydrogens is 392 g/mol. The summed E-state index contributed by atoms with van der Waals surface area (Å²) in [6.45, 7) is 4.75. The fourth-order valence-corrected chi connectivity index (χ4v) is 4.48. The largest absolute Gasteiger partial charge is 0.467 e. The second-order valence-corrected chi connectivity index (χ2v) is 8.47. The van der Waals surface area contributed by atoms with Crippen LogP contribution in [0, 0.1) is 0 Å². The molecule has 0 bridgehead atoms. The second kappa shape index (κ2) is 9.75. The quantitative estimate of drug-likeness (QED) is 0.508. The summed E-state index contributed by atoms with van der Waals surface area (Å²) in [4.78, 5) is 14.0. The Morgan fingerprint density at radius 1 is 1.18 bits per heavy atom. The average molecular weight is 417 g/mol. The molecule has 148 valence electrons. The summed E-state index contributed by atoms with van der Waals surface area (Å²) in [5.41, 5.74) is 3.64. The van der Waals surface area contributed by atoms with Crippen LogP contribution in [0.25, 0.3) is 0 Å². The summed E-state index contributed by atoms with van der Waals surface area (Å²) < 4.78 is 6.06.